The smallest absolute Gasteiger partial charge is 0.396 e. The first-order chi connectivity index (χ1) is 16.2. The highest BCUT2D eigenvalue weighted by Crippen LogP contribution is 2.37. The van der Waals surface area contributed by atoms with Gasteiger partial charge in [-0.1, -0.05) is 27.2 Å². The number of aromatic nitrogens is 4. The van der Waals surface area contributed by atoms with Crippen molar-refractivity contribution >= 4 is 33.3 Å². The van der Waals surface area contributed by atoms with Crippen molar-refractivity contribution in [3.05, 3.63) is 23.1 Å². The maximum atomic E-state index is 12.7. The summed E-state index contributed by atoms with van der Waals surface area (Å²) in [6.45, 7) is 7.20. The van der Waals surface area contributed by atoms with Crippen molar-refractivity contribution in [1.29, 1.82) is 0 Å². The Bertz CT molecular complexity index is 1110. The van der Waals surface area contributed by atoms with Crippen molar-refractivity contribution < 1.29 is 18.3 Å². The Labute approximate surface area is 201 Å². The molecule has 0 aliphatic carbocycles. The summed E-state index contributed by atoms with van der Waals surface area (Å²) in [4.78, 5) is 18.2. The highest BCUT2D eigenvalue weighted by Gasteiger charge is 2.28. The Hall–Kier alpha value is -2.53. The molecule has 0 aliphatic rings. The molecule has 3 aromatic heterocycles. The molecule has 3 heterocycles. The lowest BCUT2D eigenvalue weighted by molar-refractivity contribution is -0.115. The zero-order valence-corrected chi connectivity index (χ0v) is 20.7. The van der Waals surface area contributed by atoms with E-state index in [1.165, 1.54) is 11.3 Å². The molecule has 0 amide bonds. The van der Waals surface area contributed by atoms with Gasteiger partial charge >= 0.3 is 6.18 Å². The predicted octanol–water partition coefficient (Wildman–Crippen LogP) is 5.38. The van der Waals surface area contributed by atoms with E-state index in [0.717, 1.165) is 40.9 Å². The minimum Gasteiger partial charge on any atom is -0.396 e. The van der Waals surface area contributed by atoms with Crippen molar-refractivity contribution in [2.75, 3.05) is 30.3 Å². The van der Waals surface area contributed by atoms with E-state index < -0.39 is 12.7 Å². The van der Waals surface area contributed by atoms with Crippen LogP contribution in [0.2, 0.25) is 0 Å². The van der Waals surface area contributed by atoms with Gasteiger partial charge < -0.3 is 15.7 Å². The van der Waals surface area contributed by atoms with Gasteiger partial charge in [-0.25, -0.2) is 9.97 Å². The van der Waals surface area contributed by atoms with Crippen LogP contribution in [-0.4, -0.2) is 50.9 Å². The maximum absolute atomic E-state index is 12.7. The number of pyridine rings is 1. The second-order valence-electron chi connectivity index (χ2n) is 8.13. The van der Waals surface area contributed by atoms with Crippen molar-refractivity contribution in [1.82, 2.24) is 19.9 Å². The van der Waals surface area contributed by atoms with Gasteiger partial charge in [0.15, 0.2) is 0 Å². The molecule has 34 heavy (non-hydrogen) atoms. The minimum atomic E-state index is -4.38. The number of rotatable bonds is 11. The summed E-state index contributed by atoms with van der Waals surface area (Å²) >= 11 is 1.50. The lowest BCUT2D eigenvalue weighted by Crippen LogP contribution is -2.23. The van der Waals surface area contributed by atoms with Crippen molar-refractivity contribution in [2.45, 2.75) is 59.6 Å². The molecule has 0 aliphatic heterocycles. The van der Waals surface area contributed by atoms with Crippen LogP contribution < -0.4 is 10.6 Å². The van der Waals surface area contributed by atoms with E-state index in [1.807, 2.05) is 19.9 Å². The Morgan fingerprint density at radius 1 is 1.06 bits per heavy atom. The van der Waals surface area contributed by atoms with Crippen LogP contribution in [0.4, 0.5) is 24.9 Å². The quantitative estimate of drug-likeness (QED) is 0.328. The van der Waals surface area contributed by atoms with Crippen LogP contribution in [0, 0.1) is 12.8 Å². The number of fused-ring (bicyclic) bond motifs is 1. The van der Waals surface area contributed by atoms with Crippen LogP contribution in [-0.2, 0) is 12.8 Å². The van der Waals surface area contributed by atoms with E-state index in [9.17, 15) is 18.3 Å². The first kappa shape index (κ1) is 26.1. The Morgan fingerprint density at radius 3 is 2.44 bits per heavy atom. The summed E-state index contributed by atoms with van der Waals surface area (Å²) in [7, 11) is 0. The number of aryl methyl sites for hydroxylation is 3. The normalized spacial score (nSPS) is 12.8. The van der Waals surface area contributed by atoms with E-state index >= 15 is 0 Å². The molecule has 7 nitrogen and oxygen atoms in total. The molecule has 0 saturated heterocycles. The van der Waals surface area contributed by atoms with E-state index in [-0.39, 0.29) is 18.5 Å². The number of halogens is 3. The summed E-state index contributed by atoms with van der Waals surface area (Å²) < 4.78 is 39.2. The molecule has 3 rings (SSSR count). The van der Waals surface area contributed by atoms with Gasteiger partial charge in [0, 0.05) is 18.8 Å². The van der Waals surface area contributed by atoms with Crippen molar-refractivity contribution in [3.8, 4) is 10.6 Å². The summed E-state index contributed by atoms with van der Waals surface area (Å²) in [5.41, 5.74) is 3.93. The number of hydrogen-bond donors (Lipinski definition) is 3. The molecule has 11 heteroatoms. The molecular weight excluding hydrogens is 465 g/mol. The largest absolute Gasteiger partial charge is 0.405 e. The number of anilines is 2. The second kappa shape index (κ2) is 11.3. The number of hydrogen-bond acceptors (Lipinski definition) is 8. The number of nitrogens with zero attached hydrogens (tertiary/aromatic N) is 4. The number of alkyl halides is 3. The first-order valence-electron chi connectivity index (χ1n) is 11.5. The van der Waals surface area contributed by atoms with Gasteiger partial charge in [0.25, 0.3) is 0 Å². The fourth-order valence-corrected chi connectivity index (χ4v) is 4.76. The Kier molecular flexibility index (Phi) is 8.64. The molecule has 1 atom stereocenters. The Balaban J connectivity index is 2.03. The third-order valence-corrected chi connectivity index (χ3v) is 6.65. The summed E-state index contributed by atoms with van der Waals surface area (Å²) in [5.74, 6) is 0.459. The highest BCUT2D eigenvalue weighted by molar-refractivity contribution is 7.21. The van der Waals surface area contributed by atoms with E-state index in [1.54, 1.807) is 6.92 Å². The van der Waals surface area contributed by atoms with Crippen LogP contribution in [0.5, 0.6) is 0 Å². The third-order valence-electron chi connectivity index (χ3n) is 5.63. The summed E-state index contributed by atoms with van der Waals surface area (Å²) in [6, 6.07) is 2.03. The van der Waals surface area contributed by atoms with Gasteiger partial charge in [-0.3, -0.25) is 4.98 Å². The number of aliphatic hydroxyl groups excluding tert-OH is 1. The van der Waals surface area contributed by atoms with Crippen LogP contribution in [0.15, 0.2) is 6.07 Å². The van der Waals surface area contributed by atoms with Crippen LogP contribution in [0.3, 0.4) is 0 Å². The zero-order chi connectivity index (χ0) is 24.9. The third kappa shape index (κ3) is 6.32. The summed E-state index contributed by atoms with van der Waals surface area (Å²) in [5, 5.41) is 15.7. The number of thiazole rings is 1. The molecule has 0 spiro atoms. The van der Waals surface area contributed by atoms with Gasteiger partial charge in [-0.15, -0.1) is 11.3 Å². The van der Waals surface area contributed by atoms with Gasteiger partial charge in [-0.05, 0) is 38.2 Å². The lowest BCUT2D eigenvalue weighted by atomic mass is 10.0. The SMILES string of the molecule is CCc1cc2sc(-c3c(C)nc(NCC(F)(F)F)nc3NCCC(CC)CO)nc2c(CC)n1. The molecule has 186 valence electrons. The van der Waals surface area contributed by atoms with E-state index in [0.29, 0.717) is 35.0 Å². The topological polar surface area (TPSA) is 95.9 Å². The summed E-state index contributed by atoms with van der Waals surface area (Å²) in [6.07, 6.45) is -1.30. The highest BCUT2D eigenvalue weighted by atomic mass is 32.1. The standard InChI is InChI=1S/C23H31F3N6OS/c1-5-14(11-33)8-9-27-20-18(13(4)29-22(32-20)28-12-23(24,25)26)21-31-19-16(7-3)30-15(6-2)10-17(19)34-21/h10,14,33H,5-9,11-12H2,1-4H3,(H2,27,28,29,32). The average molecular weight is 497 g/mol. The van der Waals surface area contributed by atoms with Crippen molar-refractivity contribution in [2.24, 2.45) is 5.92 Å². The monoisotopic (exact) mass is 496 g/mol. The second-order valence-corrected chi connectivity index (χ2v) is 9.16. The fraction of sp³-hybridized carbons (Fsp3) is 0.565. The molecule has 0 aromatic carbocycles. The van der Waals surface area contributed by atoms with Gasteiger partial charge in [0.2, 0.25) is 5.95 Å². The molecule has 0 fully saturated rings. The van der Waals surface area contributed by atoms with Gasteiger partial charge in [0.05, 0.1) is 21.7 Å². The van der Waals surface area contributed by atoms with Gasteiger partial charge in [0.1, 0.15) is 22.9 Å². The van der Waals surface area contributed by atoms with Crippen LogP contribution in [0.1, 0.15) is 50.7 Å². The van der Waals surface area contributed by atoms with Crippen LogP contribution in [0.25, 0.3) is 20.8 Å². The zero-order valence-electron chi connectivity index (χ0n) is 19.9. The molecule has 0 bridgehead atoms. The molecule has 1 unspecified atom stereocenters. The van der Waals surface area contributed by atoms with E-state index in [4.69, 9.17) is 9.97 Å². The molecular formula is C23H31F3N6OS. The lowest BCUT2D eigenvalue weighted by Gasteiger charge is -2.16. The molecule has 3 aromatic rings. The van der Waals surface area contributed by atoms with Crippen LogP contribution >= 0.6 is 11.3 Å². The first-order valence-corrected chi connectivity index (χ1v) is 12.3. The fourth-order valence-electron chi connectivity index (χ4n) is 3.62. The minimum absolute atomic E-state index is 0.0800. The molecule has 0 saturated carbocycles. The van der Waals surface area contributed by atoms with E-state index in [2.05, 4.69) is 27.5 Å². The average Bonchev–Trinajstić information content (AvgIpc) is 3.22. The van der Waals surface area contributed by atoms with Gasteiger partial charge in [-0.2, -0.15) is 18.2 Å². The van der Waals surface area contributed by atoms with Crippen molar-refractivity contribution in [3.63, 3.8) is 0 Å². The molecule has 3 N–H and O–H groups in total. The number of nitrogens with one attached hydrogen (secondary N) is 2. The maximum Gasteiger partial charge on any atom is 0.405 e. The predicted molar refractivity (Wildman–Crippen MR) is 130 cm³/mol. The number of aliphatic hydroxyl groups is 1. The molecule has 0 radical (unpaired) electrons. The Morgan fingerprint density at radius 2 is 1.82 bits per heavy atom.